The van der Waals surface area contributed by atoms with E-state index in [4.69, 9.17) is 4.74 Å². The molecular weight excluding hydrogens is 256 g/mol. The molecule has 0 amide bonds. The molecule has 2 rings (SSSR count). The molecule has 1 aliphatic rings. The molecule has 0 radical (unpaired) electrons. The van der Waals surface area contributed by atoms with E-state index in [9.17, 15) is 0 Å². The first kappa shape index (κ1) is 14.5. The Hall–Kier alpha value is -0.870. The second-order valence-electron chi connectivity index (χ2n) is 4.96. The Morgan fingerprint density at radius 2 is 1.95 bits per heavy atom. The molecule has 3 nitrogen and oxygen atoms in total. The van der Waals surface area contributed by atoms with Crippen LogP contribution in [0.5, 0.6) is 5.75 Å². The third-order valence-electron chi connectivity index (χ3n) is 3.67. The normalized spacial score (nSPS) is 16.6. The van der Waals surface area contributed by atoms with E-state index in [1.165, 1.54) is 25.1 Å². The predicted molar refractivity (Wildman–Crippen MR) is 84.7 cm³/mol. The Morgan fingerprint density at radius 3 is 2.63 bits per heavy atom. The first-order chi connectivity index (χ1) is 9.33. The minimum Gasteiger partial charge on any atom is -0.497 e. The molecule has 1 fully saturated rings. The van der Waals surface area contributed by atoms with Gasteiger partial charge in [0.25, 0.3) is 0 Å². The Morgan fingerprint density at radius 1 is 1.16 bits per heavy atom. The van der Waals surface area contributed by atoms with Gasteiger partial charge in [-0.15, -0.1) is 0 Å². The molecule has 0 saturated carbocycles. The largest absolute Gasteiger partial charge is 0.497 e. The molecule has 1 aromatic carbocycles. The highest BCUT2D eigenvalue weighted by Crippen LogP contribution is 2.22. The zero-order valence-electron chi connectivity index (χ0n) is 11.7. The fraction of sp³-hybridized carbons (Fsp3) is 0.600. The van der Waals surface area contributed by atoms with E-state index < -0.39 is 0 Å². The Kier molecular flexibility index (Phi) is 5.86. The van der Waals surface area contributed by atoms with Gasteiger partial charge in [0.15, 0.2) is 0 Å². The third-order valence-corrected chi connectivity index (χ3v) is 3.99. The van der Waals surface area contributed by atoms with Crippen LogP contribution in [0.3, 0.4) is 0 Å². The van der Waals surface area contributed by atoms with Gasteiger partial charge >= 0.3 is 0 Å². The number of methoxy groups -OCH3 is 1. The van der Waals surface area contributed by atoms with E-state index in [0.29, 0.717) is 0 Å². The summed E-state index contributed by atoms with van der Waals surface area (Å²) in [4.78, 5) is 5.00. The van der Waals surface area contributed by atoms with Crippen molar-refractivity contribution >= 4 is 18.3 Å². The van der Waals surface area contributed by atoms with Crippen molar-refractivity contribution in [1.82, 2.24) is 4.90 Å². The molecule has 106 valence electrons. The van der Waals surface area contributed by atoms with Crippen LogP contribution in [0.25, 0.3) is 0 Å². The summed E-state index contributed by atoms with van der Waals surface area (Å²) in [6, 6.07) is 8.35. The number of ether oxygens (including phenoxy) is 1. The van der Waals surface area contributed by atoms with E-state index in [1.54, 1.807) is 7.11 Å². The minimum atomic E-state index is 0.939. The van der Waals surface area contributed by atoms with Gasteiger partial charge in [-0.2, -0.15) is 12.6 Å². The zero-order valence-corrected chi connectivity index (χ0v) is 12.6. The molecule has 1 aromatic rings. The van der Waals surface area contributed by atoms with Crippen LogP contribution >= 0.6 is 12.6 Å². The lowest BCUT2D eigenvalue weighted by atomic mass is 10.2. The summed E-state index contributed by atoms with van der Waals surface area (Å²) in [5, 5.41) is 0. The maximum Gasteiger partial charge on any atom is 0.120 e. The highest BCUT2D eigenvalue weighted by atomic mass is 32.1. The molecule has 0 unspecified atom stereocenters. The zero-order chi connectivity index (χ0) is 13.5. The first-order valence-electron chi connectivity index (χ1n) is 7.05. The molecule has 0 N–H and O–H groups in total. The van der Waals surface area contributed by atoms with Crippen molar-refractivity contribution in [1.29, 1.82) is 0 Å². The van der Waals surface area contributed by atoms with Gasteiger partial charge in [-0.05, 0) is 37.3 Å². The van der Waals surface area contributed by atoms with Gasteiger partial charge in [-0.1, -0.05) is 6.07 Å². The quantitative estimate of drug-likeness (QED) is 0.637. The number of rotatable bonds is 6. The van der Waals surface area contributed by atoms with Gasteiger partial charge in [-0.25, -0.2) is 0 Å². The molecule has 0 spiro atoms. The summed E-state index contributed by atoms with van der Waals surface area (Å²) in [6.07, 6.45) is 2.49. The smallest absolute Gasteiger partial charge is 0.120 e. The van der Waals surface area contributed by atoms with Gasteiger partial charge in [0.2, 0.25) is 0 Å². The van der Waals surface area contributed by atoms with Crippen molar-refractivity contribution in [2.24, 2.45) is 0 Å². The molecule has 0 bridgehead atoms. The van der Waals surface area contributed by atoms with Crippen LogP contribution in [0.15, 0.2) is 24.3 Å². The number of unbranched alkanes of at least 4 members (excludes halogenated alkanes) is 1. The van der Waals surface area contributed by atoms with Crippen LogP contribution < -0.4 is 9.64 Å². The molecule has 4 heteroatoms. The maximum absolute atomic E-state index is 5.29. The Balaban J connectivity index is 1.82. The molecule has 19 heavy (non-hydrogen) atoms. The van der Waals surface area contributed by atoms with Gasteiger partial charge in [0, 0.05) is 37.9 Å². The monoisotopic (exact) mass is 280 g/mol. The number of anilines is 1. The van der Waals surface area contributed by atoms with Crippen LogP contribution in [-0.4, -0.2) is 50.5 Å². The van der Waals surface area contributed by atoms with E-state index >= 15 is 0 Å². The number of piperazine rings is 1. The van der Waals surface area contributed by atoms with Crippen LogP contribution in [0.1, 0.15) is 12.8 Å². The van der Waals surface area contributed by atoms with E-state index in [2.05, 4.69) is 40.6 Å². The van der Waals surface area contributed by atoms with E-state index in [-0.39, 0.29) is 0 Å². The topological polar surface area (TPSA) is 15.7 Å². The number of benzene rings is 1. The molecule has 1 saturated heterocycles. The lowest BCUT2D eigenvalue weighted by Crippen LogP contribution is -2.46. The van der Waals surface area contributed by atoms with Crippen molar-refractivity contribution in [2.45, 2.75) is 12.8 Å². The predicted octanol–water partition coefficient (Wildman–Crippen LogP) is 2.53. The number of hydrogen-bond donors (Lipinski definition) is 1. The first-order valence-corrected chi connectivity index (χ1v) is 7.69. The van der Waals surface area contributed by atoms with Gasteiger partial charge in [-0.3, -0.25) is 4.90 Å². The fourth-order valence-electron chi connectivity index (χ4n) is 2.48. The summed E-state index contributed by atoms with van der Waals surface area (Å²) in [7, 11) is 1.72. The number of nitrogens with zero attached hydrogens (tertiary/aromatic N) is 2. The summed E-state index contributed by atoms with van der Waals surface area (Å²) in [6.45, 7) is 5.74. The molecule has 1 aliphatic heterocycles. The second-order valence-corrected chi connectivity index (χ2v) is 5.41. The molecule has 0 aromatic heterocycles. The highest BCUT2D eigenvalue weighted by molar-refractivity contribution is 7.80. The van der Waals surface area contributed by atoms with Crippen LogP contribution in [0.2, 0.25) is 0 Å². The average Bonchev–Trinajstić information content (AvgIpc) is 2.48. The van der Waals surface area contributed by atoms with E-state index in [1.807, 2.05) is 6.07 Å². The van der Waals surface area contributed by atoms with Crippen molar-refractivity contribution in [2.75, 3.05) is 50.5 Å². The fourth-order valence-corrected chi connectivity index (χ4v) is 2.71. The molecule has 1 heterocycles. The summed E-state index contributed by atoms with van der Waals surface area (Å²) >= 11 is 4.26. The standard InChI is InChI=1S/C15H24N2OS/c1-18-15-6-4-5-14(13-15)17-10-8-16(9-11-17)7-2-3-12-19/h4-6,13,19H,2-3,7-12H2,1H3. The van der Waals surface area contributed by atoms with Crippen molar-refractivity contribution in [3.8, 4) is 5.75 Å². The third kappa shape index (κ3) is 4.32. The highest BCUT2D eigenvalue weighted by Gasteiger charge is 2.16. The lowest BCUT2D eigenvalue weighted by molar-refractivity contribution is 0.254. The molecular formula is C15H24N2OS. The second kappa shape index (κ2) is 7.65. The van der Waals surface area contributed by atoms with Gasteiger partial charge in [0.05, 0.1) is 7.11 Å². The number of hydrogen-bond acceptors (Lipinski definition) is 4. The summed E-state index contributed by atoms with van der Waals surface area (Å²) < 4.78 is 5.29. The average molecular weight is 280 g/mol. The summed E-state index contributed by atoms with van der Waals surface area (Å²) in [5.74, 6) is 1.94. The van der Waals surface area contributed by atoms with Crippen molar-refractivity contribution < 1.29 is 4.74 Å². The van der Waals surface area contributed by atoms with Crippen LogP contribution in [0.4, 0.5) is 5.69 Å². The van der Waals surface area contributed by atoms with Gasteiger partial charge < -0.3 is 9.64 Å². The maximum atomic E-state index is 5.29. The van der Waals surface area contributed by atoms with Gasteiger partial charge in [0.1, 0.15) is 5.75 Å². The number of thiol groups is 1. The SMILES string of the molecule is COc1cccc(N2CCN(CCCCS)CC2)c1. The molecule has 0 atom stereocenters. The minimum absolute atomic E-state index is 0.939. The van der Waals surface area contributed by atoms with E-state index in [0.717, 1.165) is 37.7 Å². The molecule has 0 aliphatic carbocycles. The van der Waals surface area contributed by atoms with Crippen LogP contribution in [-0.2, 0) is 0 Å². The van der Waals surface area contributed by atoms with Crippen LogP contribution in [0, 0.1) is 0 Å². The lowest BCUT2D eigenvalue weighted by Gasteiger charge is -2.36. The van der Waals surface area contributed by atoms with Crippen molar-refractivity contribution in [3.05, 3.63) is 24.3 Å². The van der Waals surface area contributed by atoms with Crippen molar-refractivity contribution in [3.63, 3.8) is 0 Å². The Bertz CT molecular complexity index is 378. The summed E-state index contributed by atoms with van der Waals surface area (Å²) in [5.41, 5.74) is 1.27. The Labute approximate surface area is 121 Å².